The number of thioether (sulfide) groups is 1. The molecule has 3 rings (SSSR count). The number of rotatable bonds is 7. The second-order valence-electron chi connectivity index (χ2n) is 7.32. The fraction of sp³-hybridized carbons (Fsp3) is 0.304. The predicted octanol–water partition coefficient (Wildman–Crippen LogP) is 5.42. The summed E-state index contributed by atoms with van der Waals surface area (Å²) in [5.74, 6) is 2.75. The average Bonchev–Trinajstić information content (AvgIpc) is 2.66. The molecule has 0 bridgehead atoms. The van der Waals surface area contributed by atoms with Crippen molar-refractivity contribution in [3.8, 4) is 16.9 Å². The maximum Gasteiger partial charge on any atom is 0.126 e. The Morgan fingerprint density at radius 1 is 1.19 bits per heavy atom. The van der Waals surface area contributed by atoms with Gasteiger partial charge >= 0.3 is 0 Å². The number of para-hydroxylation sites is 1. The second kappa shape index (κ2) is 8.13. The third-order valence-electron chi connectivity index (χ3n) is 4.66. The van der Waals surface area contributed by atoms with Crippen molar-refractivity contribution in [3.05, 3.63) is 66.4 Å². The highest BCUT2D eigenvalue weighted by Crippen LogP contribution is 2.39. The Balaban J connectivity index is 1.95. The van der Waals surface area contributed by atoms with Gasteiger partial charge in [-0.2, -0.15) is 11.8 Å². The molecule has 1 aliphatic rings. The highest BCUT2D eigenvalue weighted by Gasteiger charge is 2.24. The fourth-order valence-corrected chi connectivity index (χ4v) is 4.29. The quantitative estimate of drug-likeness (QED) is 0.672. The number of benzene rings is 2. The Morgan fingerprint density at radius 2 is 1.96 bits per heavy atom. The van der Waals surface area contributed by atoms with Crippen LogP contribution in [0.5, 0.6) is 5.75 Å². The van der Waals surface area contributed by atoms with Crippen LogP contribution in [-0.4, -0.2) is 31.2 Å². The van der Waals surface area contributed by atoms with Gasteiger partial charge in [-0.15, -0.1) is 0 Å². The lowest BCUT2D eigenvalue weighted by atomic mass is 9.89. The summed E-state index contributed by atoms with van der Waals surface area (Å²) in [5, 5.41) is 6.76. The van der Waals surface area contributed by atoms with Crippen LogP contribution in [-0.2, 0) is 0 Å². The molecule has 0 radical (unpaired) electrons. The lowest BCUT2D eigenvalue weighted by molar-refractivity contribution is 0.416. The smallest absolute Gasteiger partial charge is 0.126 e. The third kappa shape index (κ3) is 4.51. The van der Waals surface area contributed by atoms with E-state index in [1.807, 2.05) is 30.9 Å². The van der Waals surface area contributed by atoms with Gasteiger partial charge in [-0.25, -0.2) is 0 Å². The lowest BCUT2D eigenvalue weighted by Crippen LogP contribution is -2.32. The summed E-state index contributed by atoms with van der Waals surface area (Å²) in [7, 11) is 3.64. The van der Waals surface area contributed by atoms with Crippen molar-refractivity contribution in [1.82, 2.24) is 5.32 Å². The summed E-state index contributed by atoms with van der Waals surface area (Å²) in [6.45, 7) is 8.44. The summed E-state index contributed by atoms with van der Waals surface area (Å²) >= 11 is 1.88. The lowest BCUT2D eigenvalue weighted by Gasteiger charge is -2.32. The van der Waals surface area contributed by atoms with Crippen molar-refractivity contribution >= 4 is 23.0 Å². The minimum absolute atomic E-state index is 0.0607. The molecular formula is C23H28N2OS. The van der Waals surface area contributed by atoms with Crippen molar-refractivity contribution in [2.24, 2.45) is 0 Å². The zero-order valence-corrected chi connectivity index (χ0v) is 17.4. The van der Waals surface area contributed by atoms with E-state index >= 15 is 0 Å². The molecule has 4 heteroatoms. The Morgan fingerprint density at radius 3 is 2.70 bits per heavy atom. The molecule has 142 valence electrons. The third-order valence-corrected chi connectivity index (χ3v) is 5.73. The van der Waals surface area contributed by atoms with E-state index in [9.17, 15) is 0 Å². The van der Waals surface area contributed by atoms with Crippen molar-refractivity contribution in [1.29, 1.82) is 0 Å². The van der Waals surface area contributed by atoms with E-state index in [1.54, 1.807) is 7.11 Å². The highest BCUT2D eigenvalue weighted by atomic mass is 32.2. The fourth-order valence-electron chi connectivity index (χ4n) is 3.34. The molecule has 0 aliphatic carbocycles. The number of hydrogen-bond donors (Lipinski definition) is 2. The zero-order valence-electron chi connectivity index (χ0n) is 16.6. The topological polar surface area (TPSA) is 33.3 Å². The van der Waals surface area contributed by atoms with Gasteiger partial charge in [0.1, 0.15) is 5.75 Å². The summed E-state index contributed by atoms with van der Waals surface area (Å²) < 4.78 is 5.56. The molecule has 0 spiro atoms. The number of anilines is 1. The van der Waals surface area contributed by atoms with Gasteiger partial charge in [0, 0.05) is 41.1 Å². The van der Waals surface area contributed by atoms with Gasteiger partial charge in [0.25, 0.3) is 0 Å². The monoisotopic (exact) mass is 380 g/mol. The first-order valence-corrected chi connectivity index (χ1v) is 10.3. The van der Waals surface area contributed by atoms with Gasteiger partial charge in [0.2, 0.25) is 0 Å². The number of fused-ring (bicyclic) bond motifs is 1. The largest absolute Gasteiger partial charge is 0.496 e. The molecule has 0 saturated carbocycles. The summed E-state index contributed by atoms with van der Waals surface area (Å²) in [5.41, 5.74) is 7.08. The van der Waals surface area contributed by atoms with Gasteiger partial charge in [0.15, 0.2) is 0 Å². The van der Waals surface area contributed by atoms with Crippen molar-refractivity contribution < 1.29 is 4.74 Å². The molecule has 0 amide bonds. The molecule has 0 fully saturated rings. The number of ether oxygens (including phenoxy) is 1. The molecule has 27 heavy (non-hydrogen) atoms. The molecule has 0 saturated heterocycles. The van der Waals surface area contributed by atoms with Crippen LogP contribution in [0, 0.1) is 0 Å². The van der Waals surface area contributed by atoms with Crippen molar-refractivity contribution in [2.75, 3.05) is 31.0 Å². The molecule has 0 atom stereocenters. The molecule has 0 unspecified atom stereocenters. The van der Waals surface area contributed by atoms with Crippen LogP contribution in [0.3, 0.4) is 0 Å². The van der Waals surface area contributed by atoms with Crippen LogP contribution < -0.4 is 15.4 Å². The minimum Gasteiger partial charge on any atom is -0.496 e. The maximum absolute atomic E-state index is 5.56. The van der Waals surface area contributed by atoms with Gasteiger partial charge in [0.05, 0.1) is 12.6 Å². The van der Waals surface area contributed by atoms with Crippen LogP contribution in [0.4, 0.5) is 5.69 Å². The van der Waals surface area contributed by atoms with E-state index in [4.69, 9.17) is 4.74 Å². The standard InChI is InChI=1S/C23H28N2OS/c1-16(24-4)14-27-15-18-13-23(2,3)25-21-11-10-17(12-20(18)21)19-8-6-7-9-22(19)26-5/h6-13,24-25H,1,14-15H2,2-5H3. The molecule has 0 aromatic heterocycles. The molecule has 1 heterocycles. The molecular weight excluding hydrogens is 352 g/mol. The molecule has 1 aliphatic heterocycles. The van der Waals surface area contributed by atoms with Crippen molar-refractivity contribution in [2.45, 2.75) is 19.4 Å². The van der Waals surface area contributed by atoms with Crippen LogP contribution in [0.1, 0.15) is 19.4 Å². The number of nitrogens with one attached hydrogen (secondary N) is 2. The summed E-state index contributed by atoms with van der Waals surface area (Å²) in [6, 6.07) is 14.8. The number of hydrogen-bond acceptors (Lipinski definition) is 4. The predicted molar refractivity (Wildman–Crippen MR) is 120 cm³/mol. The van der Waals surface area contributed by atoms with Crippen LogP contribution >= 0.6 is 11.8 Å². The van der Waals surface area contributed by atoms with Crippen molar-refractivity contribution in [3.63, 3.8) is 0 Å². The zero-order chi connectivity index (χ0) is 19.4. The normalized spacial score (nSPS) is 14.6. The minimum atomic E-state index is -0.0607. The summed E-state index contributed by atoms with van der Waals surface area (Å²) in [4.78, 5) is 0. The first kappa shape index (κ1) is 19.4. The maximum atomic E-state index is 5.56. The Kier molecular flexibility index (Phi) is 5.85. The van der Waals surface area contributed by atoms with E-state index in [0.29, 0.717) is 0 Å². The number of methoxy groups -OCH3 is 1. The summed E-state index contributed by atoms with van der Waals surface area (Å²) in [6.07, 6.45) is 2.34. The van der Waals surface area contributed by atoms with Gasteiger partial charge < -0.3 is 15.4 Å². The van der Waals surface area contributed by atoms with Crippen LogP contribution in [0.15, 0.2) is 60.8 Å². The first-order chi connectivity index (χ1) is 12.9. The Bertz CT molecular complexity index is 870. The average molecular weight is 381 g/mol. The second-order valence-corrected chi connectivity index (χ2v) is 8.31. The van der Waals surface area contributed by atoms with E-state index in [-0.39, 0.29) is 5.54 Å². The molecule has 2 aromatic carbocycles. The molecule has 2 N–H and O–H groups in total. The van der Waals surface area contributed by atoms with E-state index in [1.165, 1.54) is 22.4 Å². The van der Waals surface area contributed by atoms with Gasteiger partial charge in [-0.05, 0) is 43.2 Å². The van der Waals surface area contributed by atoms with Crippen LogP contribution in [0.25, 0.3) is 16.7 Å². The Hall–Kier alpha value is -2.33. The highest BCUT2D eigenvalue weighted by molar-refractivity contribution is 7.99. The van der Waals surface area contributed by atoms with E-state index in [2.05, 4.69) is 67.5 Å². The SMILES string of the molecule is C=C(CSCC1=CC(C)(C)Nc2ccc(-c3ccccc3OC)cc21)NC. The Labute approximate surface area is 166 Å². The van der Waals surface area contributed by atoms with Gasteiger partial charge in [-0.3, -0.25) is 0 Å². The van der Waals surface area contributed by atoms with E-state index in [0.717, 1.165) is 28.5 Å². The van der Waals surface area contributed by atoms with Gasteiger partial charge in [-0.1, -0.05) is 36.9 Å². The first-order valence-electron chi connectivity index (χ1n) is 9.14. The molecule has 2 aromatic rings. The molecule has 3 nitrogen and oxygen atoms in total. The van der Waals surface area contributed by atoms with Crippen LogP contribution in [0.2, 0.25) is 0 Å². The van der Waals surface area contributed by atoms with E-state index < -0.39 is 0 Å².